The SMILES string of the molecule is C=C(OCCOc1cc2nc(-c3nnc4ccc(CC)cn34)ccc2cc1F)C(N)C(C)C. The molecule has 0 fully saturated rings. The summed E-state index contributed by atoms with van der Waals surface area (Å²) in [6.07, 6.45) is 2.91. The van der Waals surface area contributed by atoms with Crippen molar-refractivity contribution >= 4 is 16.6 Å². The molecule has 1 aromatic carbocycles. The fourth-order valence-electron chi connectivity index (χ4n) is 3.47. The fourth-order valence-corrected chi connectivity index (χ4v) is 3.47. The largest absolute Gasteiger partial charge is 0.493 e. The molecule has 0 saturated heterocycles. The van der Waals surface area contributed by atoms with E-state index in [4.69, 9.17) is 20.2 Å². The number of hydrogen-bond donors (Lipinski definition) is 1. The molecule has 4 aromatic rings. The van der Waals surface area contributed by atoms with E-state index in [9.17, 15) is 4.39 Å². The lowest BCUT2D eigenvalue weighted by atomic mass is 10.0. The molecule has 4 rings (SSSR count). The van der Waals surface area contributed by atoms with Crippen LogP contribution in [-0.2, 0) is 11.2 Å². The second kappa shape index (κ2) is 9.54. The monoisotopic (exact) mass is 449 g/mol. The first-order chi connectivity index (χ1) is 15.9. The van der Waals surface area contributed by atoms with E-state index in [1.54, 1.807) is 6.07 Å². The molecular weight excluding hydrogens is 421 g/mol. The first kappa shape index (κ1) is 22.7. The lowest BCUT2D eigenvalue weighted by Crippen LogP contribution is -2.30. The van der Waals surface area contributed by atoms with Crippen LogP contribution in [0, 0.1) is 11.7 Å². The van der Waals surface area contributed by atoms with Gasteiger partial charge in [-0.1, -0.05) is 39.5 Å². The highest BCUT2D eigenvalue weighted by atomic mass is 19.1. The van der Waals surface area contributed by atoms with Crippen molar-refractivity contribution in [2.24, 2.45) is 11.7 Å². The van der Waals surface area contributed by atoms with Crippen molar-refractivity contribution in [2.75, 3.05) is 13.2 Å². The van der Waals surface area contributed by atoms with Crippen molar-refractivity contribution in [1.82, 2.24) is 19.6 Å². The molecule has 0 aliphatic heterocycles. The van der Waals surface area contributed by atoms with Gasteiger partial charge in [-0.05, 0) is 36.1 Å². The highest BCUT2D eigenvalue weighted by Crippen LogP contribution is 2.27. The number of nitrogens with two attached hydrogens (primary N) is 1. The third-order valence-electron chi connectivity index (χ3n) is 5.56. The molecule has 7 nitrogen and oxygen atoms in total. The molecule has 0 saturated carbocycles. The number of aromatic nitrogens is 4. The van der Waals surface area contributed by atoms with Crippen LogP contribution in [0.5, 0.6) is 5.75 Å². The maximum atomic E-state index is 14.5. The zero-order chi connectivity index (χ0) is 23.5. The Morgan fingerprint density at radius 3 is 2.73 bits per heavy atom. The molecule has 0 aliphatic carbocycles. The van der Waals surface area contributed by atoms with Gasteiger partial charge in [-0.25, -0.2) is 9.37 Å². The third-order valence-corrected chi connectivity index (χ3v) is 5.56. The molecule has 0 amide bonds. The van der Waals surface area contributed by atoms with Gasteiger partial charge < -0.3 is 15.2 Å². The number of hydrogen-bond acceptors (Lipinski definition) is 6. The summed E-state index contributed by atoms with van der Waals surface area (Å²) >= 11 is 0. The Labute approximate surface area is 192 Å². The Kier molecular flexibility index (Phi) is 6.55. The van der Waals surface area contributed by atoms with Gasteiger partial charge in [0.05, 0.1) is 11.6 Å². The number of pyridine rings is 2. The average molecular weight is 450 g/mol. The van der Waals surface area contributed by atoms with Crippen molar-refractivity contribution in [3.05, 3.63) is 66.3 Å². The minimum absolute atomic E-state index is 0.105. The van der Waals surface area contributed by atoms with Crippen LogP contribution in [0.4, 0.5) is 4.39 Å². The zero-order valence-corrected chi connectivity index (χ0v) is 19.1. The Bertz CT molecular complexity index is 1300. The minimum Gasteiger partial charge on any atom is -0.493 e. The van der Waals surface area contributed by atoms with Crippen molar-refractivity contribution in [3.63, 3.8) is 0 Å². The van der Waals surface area contributed by atoms with E-state index >= 15 is 0 Å². The number of benzene rings is 1. The smallest absolute Gasteiger partial charge is 0.187 e. The molecular formula is C25H28FN5O2. The number of rotatable bonds is 9. The second-order valence-corrected chi connectivity index (χ2v) is 8.25. The van der Waals surface area contributed by atoms with E-state index in [0.29, 0.717) is 28.2 Å². The first-order valence-electron chi connectivity index (χ1n) is 11.0. The van der Waals surface area contributed by atoms with Crippen molar-refractivity contribution < 1.29 is 13.9 Å². The van der Waals surface area contributed by atoms with E-state index in [2.05, 4.69) is 23.7 Å². The molecule has 33 heavy (non-hydrogen) atoms. The Balaban J connectivity index is 1.54. The van der Waals surface area contributed by atoms with Gasteiger partial charge in [0.2, 0.25) is 0 Å². The molecule has 2 N–H and O–H groups in total. The maximum Gasteiger partial charge on any atom is 0.187 e. The summed E-state index contributed by atoms with van der Waals surface area (Å²) < 4.78 is 27.6. The van der Waals surface area contributed by atoms with Crippen LogP contribution in [0.3, 0.4) is 0 Å². The third kappa shape index (κ3) is 4.80. The van der Waals surface area contributed by atoms with E-state index in [0.717, 1.165) is 12.1 Å². The van der Waals surface area contributed by atoms with Gasteiger partial charge in [0.15, 0.2) is 23.0 Å². The van der Waals surface area contributed by atoms with E-state index < -0.39 is 5.82 Å². The minimum atomic E-state index is -0.463. The Morgan fingerprint density at radius 1 is 1.15 bits per heavy atom. The summed E-state index contributed by atoms with van der Waals surface area (Å²) in [5.41, 5.74) is 9.15. The van der Waals surface area contributed by atoms with Gasteiger partial charge in [-0.2, -0.15) is 0 Å². The van der Waals surface area contributed by atoms with Gasteiger partial charge in [0, 0.05) is 17.6 Å². The summed E-state index contributed by atoms with van der Waals surface area (Å²) in [6.45, 7) is 10.3. The Hall–Kier alpha value is -3.52. The van der Waals surface area contributed by atoms with Crippen LogP contribution in [0.2, 0.25) is 0 Å². The van der Waals surface area contributed by atoms with Crippen LogP contribution < -0.4 is 10.5 Å². The quantitative estimate of drug-likeness (QED) is 0.298. The van der Waals surface area contributed by atoms with Gasteiger partial charge in [-0.15, -0.1) is 10.2 Å². The zero-order valence-electron chi connectivity index (χ0n) is 19.1. The average Bonchev–Trinajstić information content (AvgIpc) is 3.24. The lowest BCUT2D eigenvalue weighted by Gasteiger charge is -2.19. The molecule has 3 heterocycles. The van der Waals surface area contributed by atoms with E-state index in [-0.39, 0.29) is 30.9 Å². The summed E-state index contributed by atoms with van der Waals surface area (Å²) in [5, 5.41) is 9.20. The van der Waals surface area contributed by atoms with E-state index in [1.165, 1.54) is 11.6 Å². The molecule has 8 heteroatoms. The lowest BCUT2D eigenvalue weighted by molar-refractivity contribution is 0.138. The topological polar surface area (TPSA) is 87.6 Å². The standard InChI is InChI=1S/C25H28FN5O2/c1-5-17-6-9-23-29-30-25(31(23)14-17)20-8-7-18-12-19(26)22(13-21(18)28-20)33-11-10-32-16(4)24(27)15(2)3/h6-9,12-15,24H,4-5,10-11,27H2,1-3H3. The van der Waals surface area contributed by atoms with Crippen molar-refractivity contribution in [2.45, 2.75) is 33.2 Å². The number of aryl methyl sites for hydroxylation is 1. The number of fused-ring (bicyclic) bond motifs is 2. The number of ether oxygens (including phenoxy) is 2. The summed E-state index contributed by atoms with van der Waals surface area (Å²) in [4.78, 5) is 4.69. The number of halogens is 1. The summed E-state index contributed by atoms with van der Waals surface area (Å²) in [5.74, 6) is 0.977. The normalized spacial score (nSPS) is 12.4. The van der Waals surface area contributed by atoms with Gasteiger partial charge in [0.25, 0.3) is 0 Å². The van der Waals surface area contributed by atoms with Gasteiger partial charge in [-0.3, -0.25) is 4.40 Å². The molecule has 0 bridgehead atoms. The molecule has 0 aliphatic rings. The number of nitrogens with zero attached hydrogens (tertiary/aromatic N) is 4. The van der Waals surface area contributed by atoms with Crippen LogP contribution in [0.15, 0.2) is 54.9 Å². The molecule has 1 unspecified atom stereocenters. The first-order valence-corrected chi connectivity index (χ1v) is 11.0. The maximum absolute atomic E-state index is 14.5. The van der Waals surface area contributed by atoms with Crippen LogP contribution >= 0.6 is 0 Å². The summed E-state index contributed by atoms with van der Waals surface area (Å²) in [6, 6.07) is 10.3. The van der Waals surface area contributed by atoms with Gasteiger partial charge in [0.1, 0.15) is 24.7 Å². The predicted molar refractivity (Wildman–Crippen MR) is 126 cm³/mol. The second-order valence-electron chi connectivity index (χ2n) is 8.25. The molecule has 172 valence electrons. The fraction of sp³-hybridized carbons (Fsp3) is 0.320. The highest BCUT2D eigenvalue weighted by molar-refractivity contribution is 5.82. The molecule has 0 spiro atoms. The van der Waals surface area contributed by atoms with Crippen LogP contribution in [0.1, 0.15) is 26.3 Å². The molecule has 1 atom stereocenters. The highest BCUT2D eigenvalue weighted by Gasteiger charge is 2.14. The molecule has 0 radical (unpaired) electrons. The van der Waals surface area contributed by atoms with Crippen LogP contribution in [0.25, 0.3) is 28.1 Å². The van der Waals surface area contributed by atoms with Gasteiger partial charge >= 0.3 is 0 Å². The molecule has 3 aromatic heterocycles. The van der Waals surface area contributed by atoms with Crippen molar-refractivity contribution in [1.29, 1.82) is 0 Å². The Morgan fingerprint density at radius 2 is 1.97 bits per heavy atom. The van der Waals surface area contributed by atoms with Crippen LogP contribution in [-0.4, -0.2) is 38.8 Å². The van der Waals surface area contributed by atoms with Crippen molar-refractivity contribution in [3.8, 4) is 17.3 Å². The van der Waals surface area contributed by atoms with E-state index in [1.807, 2.05) is 48.7 Å². The summed E-state index contributed by atoms with van der Waals surface area (Å²) in [7, 11) is 0. The predicted octanol–water partition coefficient (Wildman–Crippen LogP) is 4.54.